The summed E-state index contributed by atoms with van der Waals surface area (Å²) in [6.07, 6.45) is 4.92. The lowest BCUT2D eigenvalue weighted by Crippen LogP contribution is -2.17. The Labute approximate surface area is 296 Å². The minimum absolute atomic E-state index is 0.116. The first kappa shape index (κ1) is 30.4. The Morgan fingerprint density at radius 3 is 1.70 bits per heavy atom. The van der Waals surface area contributed by atoms with E-state index in [2.05, 4.69) is 183 Å². The molecule has 0 aliphatic heterocycles. The van der Waals surface area contributed by atoms with Crippen molar-refractivity contribution in [3.05, 3.63) is 186 Å². The van der Waals surface area contributed by atoms with Gasteiger partial charge in [0.15, 0.2) is 0 Å². The normalized spacial score (nSPS) is 14.0. The maximum Gasteiger partial charge on any atom is 0.0543 e. The maximum atomic E-state index is 2.48. The maximum absolute atomic E-state index is 2.48. The highest BCUT2D eigenvalue weighted by atomic mass is 15.1. The Morgan fingerprint density at radius 2 is 0.980 bits per heavy atom. The molecule has 0 bridgehead atoms. The Kier molecular flexibility index (Phi) is 7.50. The molecule has 50 heavy (non-hydrogen) atoms. The summed E-state index contributed by atoms with van der Waals surface area (Å²) in [5, 5.41) is 0. The smallest absolute Gasteiger partial charge is 0.0543 e. The number of hydrogen-bond acceptors (Lipinski definition) is 1. The second-order valence-electron chi connectivity index (χ2n) is 14.4. The molecule has 9 rings (SSSR count). The van der Waals surface area contributed by atoms with Gasteiger partial charge in [-0.3, -0.25) is 0 Å². The van der Waals surface area contributed by atoms with Gasteiger partial charge in [-0.15, -0.1) is 0 Å². The fraction of sp³-hybridized carbons (Fsp3) is 0.143. The summed E-state index contributed by atoms with van der Waals surface area (Å²) in [5.74, 6) is 0. The Hall–Kier alpha value is -5.66. The van der Waals surface area contributed by atoms with Crippen molar-refractivity contribution in [2.75, 3.05) is 4.90 Å². The zero-order valence-electron chi connectivity index (χ0n) is 28.9. The van der Waals surface area contributed by atoms with Crippen LogP contribution in [0.2, 0.25) is 0 Å². The van der Waals surface area contributed by atoms with Crippen molar-refractivity contribution < 1.29 is 0 Å². The summed E-state index contributed by atoms with van der Waals surface area (Å²) in [6.45, 7) is 4.75. The van der Waals surface area contributed by atoms with Gasteiger partial charge in [0.1, 0.15) is 0 Å². The van der Waals surface area contributed by atoms with E-state index in [1.807, 2.05) is 0 Å². The van der Waals surface area contributed by atoms with Crippen LogP contribution < -0.4 is 4.90 Å². The Bertz CT molecular complexity index is 2310. The standard InChI is InChI=1S/C49H41N/c1-49(2)46-23-12-11-21-43(46)45-32-44(37-16-7-4-8-17-37)48(33-47(45)49)50(39-28-24-35(25-29-39)34-14-5-3-6-15-34)40-30-26-38(27-31-40)42-22-13-19-36-18-9-10-20-41(36)42/h3-8,11-17,19,21-33H,9-10,18,20H2,1-2H3. The van der Waals surface area contributed by atoms with E-state index < -0.39 is 0 Å². The van der Waals surface area contributed by atoms with E-state index in [9.17, 15) is 0 Å². The van der Waals surface area contributed by atoms with Gasteiger partial charge < -0.3 is 4.90 Å². The van der Waals surface area contributed by atoms with E-state index >= 15 is 0 Å². The van der Waals surface area contributed by atoms with Crippen molar-refractivity contribution in [3.63, 3.8) is 0 Å². The Balaban J connectivity index is 1.24. The monoisotopic (exact) mass is 643 g/mol. The van der Waals surface area contributed by atoms with E-state index in [-0.39, 0.29) is 5.41 Å². The first-order valence-corrected chi connectivity index (χ1v) is 18.1. The molecule has 0 heterocycles. The van der Waals surface area contributed by atoms with Crippen molar-refractivity contribution in [1.82, 2.24) is 0 Å². The van der Waals surface area contributed by atoms with Crippen LogP contribution in [0.25, 0.3) is 44.5 Å². The number of fused-ring (bicyclic) bond motifs is 4. The fourth-order valence-corrected chi connectivity index (χ4v) is 8.47. The number of benzene rings is 7. The van der Waals surface area contributed by atoms with Crippen LogP contribution in [0.3, 0.4) is 0 Å². The van der Waals surface area contributed by atoms with E-state index in [1.54, 1.807) is 0 Å². The zero-order chi connectivity index (χ0) is 33.7. The SMILES string of the molecule is CC1(C)c2ccccc2-c2cc(-c3ccccc3)c(N(c3ccc(-c4ccccc4)cc3)c3ccc(-c4cccc5c4CCCC5)cc3)cc21. The van der Waals surface area contributed by atoms with Gasteiger partial charge in [0.25, 0.3) is 0 Å². The average Bonchev–Trinajstić information content (AvgIpc) is 3.41. The molecule has 0 saturated heterocycles. The van der Waals surface area contributed by atoms with Gasteiger partial charge in [-0.2, -0.15) is 0 Å². The second kappa shape index (κ2) is 12.3. The van der Waals surface area contributed by atoms with Crippen molar-refractivity contribution >= 4 is 17.1 Å². The van der Waals surface area contributed by atoms with Crippen molar-refractivity contribution in [2.24, 2.45) is 0 Å². The number of anilines is 3. The molecule has 0 radical (unpaired) electrons. The molecule has 0 saturated carbocycles. The van der Waals surface area contributed by atoms with Crippen LogP contribution in [0.15, 0.2) is 164 Å². The van der Waals surface area contributed by atoms with Gasteiger partial charge in [-0.05, 0) is 123 Å². The minimum Gasteiger partial charge on any atom is -0.310 e. The predicted molar refractivity (Wildman–Crippen MR) is 212 cm³/mol. The van der Waals surface area contributed by atoms with Gasteiger partial charge >= 0.3 is 0 Å². The van der Waals surface area contributed by atoms with Crippen molar-refractivity contribution in [2.45, 2.75) is 44.9 Å². The molecule has 1 heteroatoms. The molecule has 2 aliphatic rings. The molecule has 0 aromatic heterocycles. The van der Waals surface area contributed by atoms with Crippen LogP contribution in [0.5, 0.6) is 0 Å². The molecular weight excluding hydrogens is 603 g/mol. The molecule has 2 aliphatic carbocycles. The summed E-state index contributed by atoms with van der Waals surface area (Å²) in [5.41, 5.74) is 19.4. The molecule has 0 unspecified atom stereocenters. The highest BCUT2D eigenvalue weighted by Gasteiger charge is 2.37. The van der Waals surface area contributed by atoms with E-state index in [0.717, 1.165) is 11.4 Å². The summed E-state index contributed by atoms with van der Waals surface area (Å²) in [4.78, 5) is 2.47. The summed E-state index contributed by atoms with van der Waals surface area (Å²) < 4.78 is 0. The first-order chi connectivity index (χ1) is 24.6. The molecule has 7 aromatic rings. The number of aryl methyl sites for hydroxylation is 1. The van der Waals surface area contributed by atoms with Crippen molar-refractivity contribution in [1.29, 1.82) is 0 Å². The molecule has 242 valence electrons. The molecule has 0 fully saturated rings. The van der Waals surface area contributed by atoms with Crippen LogP contribution in [0.1, 0.15) is 48.9 Å². The zero-order valence-corrected chi connectivity index (χ0v) is 28.9. The van der Waals surface area contributed by atoms with E-state index in [0.29, 0.717) is 0 Å². The van der Waals surface area contributed by atoms with Crippen LogP contribution in [-0.4, -0.2) is 0 Å². The number of nitrogens with zero attached hydrogens (tertiary/aromatic N) is 1. The lowest BCUT2D eigenvalue weighted by atomic mass is 9.81. The largest absolute Gasteiger partial charge is 0.310 e. The highest BCUT2D eigenvalue weighted by Crippen LogP contribution is 2.53. The number of rotatable bonds is 6. The predicted octanol–water partition coefficient (Wildman–Crippen LogP) is 13.3. The third-order valence-corrected chi connectivity index (χ3v) is 11.1. The van der Waals surface area contributed by atoms with E-state index in [1.165, 1.54) is 98.1 Å². The van der Waals surface area contributed by atoms with Crippen LogP contribution in [0, 0.1) is 0 Å². The summed E-state index contributed by atoms with van der Waals surface area (Å²) in [6, 6.07) is 60.7. The first-order valence-electron chi connectivity index (χ1n) is 18.1. The lowest BCUT2D eigenvalue weighted by Gasteiger charge is -2.31. The van der Waals surface area contributed by atoms with Gasteiger partial charge in [0.2, 0.25) is 0 Å². The quantitative estimate of drug-likeness (QED) is 0.174. The van der Waals surface area contributed by atoms with Crippen molar-refractivity contribution in [3.8, 4) is 44.5 Å². The van der Waals surface area contributed by atoms with E-state index in [4.69, 9.17) is 0 Å². The lowest BCUT2D eigenvalue weighted by molar-refractivity contribution is 0.660. The summed E-state index contributed by atoms with van der Waals surface area (Å²) in [7, 11) is 0. The number of hydrogen-bond donors (Lipinski definition) is 0. The molecule has 7 aromatic carbocycles. The van der Waals surface area contributed by atoms with Crippen LogP contribution >= 0.6 is 0 Å². The molecular formula is C49H41N. The molecule has 0 atom stereocenters. The molecule has 1 nitrogen and oxygen atoms in total. The fourth-order valence-electron chi connectivity index (χ4n) is 8.47. The second-order valence-corrected chi connectivity index (χ2v) is 14.4. The molecule has 0 N–H and O–H groups in total. The van der Waals surface area contributed by atoms with Gasteiger partial charge in [0, 0.05) is 22.4 Å². The van der Waals surface area contributed by atoms with Crippen LogP contribution in [0.4, 0.5) is 17.1 Å². The third-order valence-electron chi connectivity index (χ3n) is 11.1. The highest BCUT2D eigenvalue weighted by molar-refractivity contribution is 5.95. The van der Waals surface area contributed by atoms with Gasteiger partial charge in [0.05, 0.1) is 5.69 Å². The van der Waals surface area contributed by atoms with Gasteiger partial charge in [-0.25, -0.2) is 0 Å². The minimum atomic E-state index is -0.116. The topological polar surface area (TPSA) is 3.24 Å². The summed E-state index contributed by atoms with van der Waals surface area (Å²) >= 11 is 0. The van der Waals surface area contributed by atoms with Gasteiger partial charge in [-0.1, -0.05) is 141 Å². The Morgan fingerprint density at radius 1 is 0.420 bits per heavy atom. The third kappa shape index (κ3) is 5.17. The average molecular weight is 644 g/mol. The molecule has 0 spiro atoms. The van der Waals surface area contributed by atoms with Crippen LogP contribution in [-0.2, 0) is 18.3 Å². The molecule has 0 amide bonds.